The standard InChI is InChI=1S/C24H35BrO4/c1-15(13-19(27)17(9-11-26)14-22(28)29)12-18-16(2)6-7-20-23(3,4)21(25)8-10-24(18,20)5/h6,9,11,13,18,20-21,26-27H,7-8,10,12,14H2,1-5H3,(H,28,29)/b11-9+,15-13+,19-17-/t18-,20?,21+,24?/m1/s1. The molecule has 0 aromatic rings. The second-order valence-corrected chi connectivity index (χ2v) is 10.7. The zero-order chi connectivity index (χ0) is 22.0. The second kappa shape index (κ2) is 9.11. The fourth-order valence-electron chi connectivity index (χ4n) is 5.60. The Morgan fingerprint density at radius 3 is 2.55 bits per heavy atom. The highest BCUT2D eigenvalue weighted by atomic mass is 79.9. The van der Waals surface area contributed by atoms with Gasteiger partial charge < -0.3 is 15.3 Å². The molecule has 0 bridgehead atoms. The third-order valence-electron chi connectivity index (χ3n) is 7.31. The summed E-state index contributed by atoms with van der Waals surface area (Å²) in [6, 6.07) is 0. The van der Waals surface area contributed by atoms with E-state index in [1.165, 1.54) is 18.1 Å². The molecule has 3 N–H and O–H groups in total. The first-order valence-electron chi connectivity index (χ1n) is 10.4. The van der Waals surface area contributed by atoms with Gasteiger partial charge in [-0.2, -0.15) is 0 Å². The molecule has 4 nitrogen and oxygen atoms in total. The molecule has 2 aliphatic carbocycles. The van der Waals surface area contributed by atoms with Crippen molar-refractivity contribution in [3.05, 3.63) is 47.0 Å². The summed E-state index contributed by atoms with van der Waals surface area (Å²) in [5.41, 5.74) is 3.01. The van der Waals surface area contributed by atoms with Crippen molar-refractivity contribution in [2.75, 3.05) is 0 Å². The lowest BCUT2D eigenvalue weighted by atomic mass is 9.48. The van der Waals surface area contributed by atoms with Crippen molar-refractivity contribution in [2.24, 2.45) is 22.7 Å². The summed E-state index contributed by atoms with van der Waals surface area (Å²) in [4.78, 5) is 11.6. The minimum absolute atomic E-state index is 0.0983. The molecule has 5 heteroatoms. The van der Waals surface area contributed by atoms with Gasteiger partial charge in [-0.05, 0) is 74.3 Å². The van der Waals surface area contributed by atoms with Gasteiger partial charge in [0.25, 0.3) is 0 Å². The van der Waals surface area contributed by atoms with Crippen LogP contribution >= 0.6 is 15.9 Å². The summed E-state index contributed by atoms with van der Waals surface area (Å²) in [6.45, 7) is 11.4. The van der Waals surface area contributed by atoms with Crippen molar-refractivity contribution >= 4 is 21.9 Å². The van der Waals surface area contributed by atoms with Crippen molar-refractivity contribution in [3.8, 4) is 0 Å². The number of rotatable bonds is 6. The summed E-state index contributed by atoms with van der Waals surface area (Å²) >= 11 is 3.92. The van der Waals surface area contributed by atoms with E-state index in [1.807, 2.05) is 6.92 Å². The normalized spacial score (nSPS) is 33.1. The largest absolute Gasteiger partial charge is 0.516 e. The molecule has 162 valence electrons. The van der Waals surface area contributed by atoms with E-state index >= 15 is 0 Å². The second-order valence-electron chi connectivity index (χ2n) is 9.61. The number of aliphatic hydroxyl groups excluding tert-OH is 2. The number of hydrogen-bond donors (Lipinski definition) is 3. The Hall–Kier alpha value is -1.49. The van der Waals surface area contributed by atoms with Crippen LogP contribution in [0.2, 0.25) is 0 Å². The minimum atomic E-state index is -1.05. The molecule has 1 fully saturated rings. The molecule has 0 aliphatic heterocycles. The lowest BCUT2D eigenvalue weighted by molar-refractivity contribution is -0.136. The lowest BCUT2D eigenvalue weighted by Crippen LogP contribution is -2.52. The third kappa shape index (κ3) is 4.99. The number of allylic oxidation sites excluding steroid dienone is 5. The maximum atomic E-state index is 11.0. The Balaban J connectivity index is 2.33. The Morgan fingerprint density at radius 2 is 1.97 bits per heavy atom. The fraction of sp³-hybridized carbons (Fsp3) is 0.625. The van der Waals surface area contributed by atoms with Crippen LogP contribution in [-0.2, 0) is 4.79 Å². The van der Waals surface area contributed by atoms with E-state index in [9.17, 15) is 9.90 Å². The highest BCUT2D eigenvalue weighted by molar-refractivity contribution is 9.09. The number of hydrogen-bond acceptors (Lipinski definition) is 3. The van der Waals surface area contributed by atoms with Gasteiger partial charge in [-0.25, -0.2) is 0 Å². The first-order valence-corrected chi connectivity index (χ1v) is 11.3. The molecule has 0 spiro atoms. The van der Waals surface area contributed by atoms with E-state index in [2.05, 4.69) is 49.7 Å². The number of carbonyl (C=O) groups is 1. The number of alkyl halides is 1. The quantitative estimate of drug-likeness (QED) is 0.173. The van der Waals surface area contributed by atoms with E-state index in [1.54, 1.807) is 6.08 Å². The summed E-state index contributed by atoms with van der Waals surface area (Å²) in [5.74, 6) is -0.177. The molecule has 0 aromatic carbocycles. The average Bonchev–Trinajstić information content (AvgIpc) is 2.61. The molecule has 4 atom stereocenters. The molecule has 29 heavy (non-hydrogen) atoms. The Bertz CT molecular complexity index is 759. The molecule has 2 rings (SSSR count). The number of aliphatic carboxylic acids is 1. The monoisotopic (exact) mass is 466 g/mol. The molecule has 0 saturated heterocycles. The number of carboxylic acids is 1. The molecule has 0 radical (unpaired) electrons. The van der Waals surface area contributed by atoms with Crippen molar-refractivity contribution < 1.29 is 20.1 Å². The first kappa shape index (κ1) is 23.8. The molecule has 0 aromatic heterocycles. The van der Waals surface area contributed by atoms with Crippen LogP contribution in [0.4, 0.5) is 0 Å². The van der Waals surface area contributed by atoms with Crippen LogP contribution < -0.4 is 0 Å². The highest BCUT2D eigenvalue weighted by Crippen LogP contribution is 2.62. The van der Waals surface area contributed by atoms with Crippen molar-refractivity contribution in [1.29, 1.82) is 0 Å². The topological polar surface area (TPSA) is 77.8 Å². The van der Waals surface area contributed by atoms with Crippen LogP contribution in [0.1, 0.15) is 66.7 Å². The van der Waals surface area contributed by atoms with Crippen LogP contribution in [0.25, 0.3) is 0 Å². The predicted molar refractivity (Wildman–Crippen MR) is 121 cm³/mol. The lowest BCUT2D eigenvalue weighted by Gasteiger charge is -2.58. The van der Waals surface area contributed by atoms with Crippen molar-refractivity contribution in [1.82, 2.24) is 0 Å². The molecule has 0 amide bonds. The van der Waals surface area contributed by atoms with E-state index in [0.717, 1.165) is 31.1 Å². The number of halogens is 1. The number of carboxylic acid groups (broad SMARTS) is 1. The van der Waals surface area contributed by atoms with E-state index in [0.29, 0.717) is 16.7 Å². The molecule has 1 saturated carbocycles. The van der Waals surface area contributed by atoms with Gasteiger partial charge in [0, 0.05) is 10.4 Å². The molecule has 0 heterocycles. The molecular formula is C24H35BrO4. The fourth-order valence-corrected chi connectivity index (χ4v) is 6.15. The Morgan fingerprint density at radius 1 is 1.31 bits per heavy atom. The van der Waals surface area contributed by atoms with Crippen LogP contribution in [0.3, 0.4) is 0 Å². The summed E-state index contributed by atoms with van der Waals surface area (Å²) in [5, 5.41) is 28.5. The third-order valence-corrected chi connectivity index (χ3v) is 8.95. The Labute approximate surface area is 183 Å². The Kier molecular flexibility index (Phi) is 7.47. The van der Waals surface area contributed by atoms with Crippen LogP contribution in [0.5, 0.6) is 0 Å². The minimum Gasteiger partial charge on any atom is -0.516 e. The van der Waals surface area contributed by atoms with Crippen molar-refractivity contribution in [3.63, 3.8) is 0 Å². The first-order chi connectivity index (χ1) is 13.4. The summed E-state index contributed by atoms with van der Waals surface area (Å²) in [7, 11) is 0. The van der Waals surface area contributed by atoms with Gasteiger partial charge in [-0.1, -0.05) is 53.9 Å². The number of fused-ring (bicyclic) bond motifs is 1. The molecule has 2 unspecified atom stereocenters. The predicted octanol–water partition coefficient (Wildman–Crippen LogP) is 6.85. The van der Waals surface area contributed by atoms with Gasteiger partial charge in [-0.3, -0.25) is 4.79 Å². The van der Waals surface area contributed by atoms with Crippen molar-refractivity contribution in [2.45, 2.75) is 71.5 Å². The number of aliphatic hydroxyl groups is 2. The summed E-state index contributed by atoms with van der Waals surface area (Å²) in [6.07, 6.45) is 9.94. The van der Waals surface area contributed by atoms with Gasteiger partial charge in [0.15, 0.2) is 0 Å². The summed E-state index contributed by atoms with van der Waals surface area (Å²) < 4.78 is 0. The SMILES string of the molecule is CC1=CCC2C(C)(C)[C@@H](Br)CCC2(C)[C@@H]1C/C(C)=C/C(O)=C(\C=C\O)CC(=O)O. The molecular weight excluding hydrogens is 432 g/mol. The van der Waals surface area contributed by atoms with Crippen LogP contribution in [0.15, 0.2) is 47.0 Å². The van der Waals surface area contributed by atoms with Gasteiger partial charge in [0.2, 0.25) is 0 Å². The zero-order valence-electron chi connectivity index (χ0n) is 18.2. The van der Waals surface area contributed by atoms with Gasteiger partial charge in [-0.15, -0.1) is 0 Å². The average molecular weight is 467 g/mol. The maximum Gasteiger partial charge on any atom is 0.307 e. The van der Waals surface area contributed by atoms with E-state index < -0.39 is 5.97 Å². The van der Waals surface area contributed by atoms with Crippen LogP contribution in [-0.4, -0.2) is 26.1 Å². The maximum absolute atomic E-state index is 11.0. The molecule has 2 aliphatic rings. The zero-order valence-corrected chi connectivity index (χ0v) is 19.8. The van der Waals surface area contributed by atoms with E-state index in [4.69, 9.17) is 10.2 Å². The smallest absolute Gasteiger partial charge is 0.307 e. The van der Waals surface area contributed by atoms with Gasteiger partial charge >= 0.3 is 5.97 Å². The van der Waals surface area contributed by atoms with E-state index in [-0.39, 0.29) is 28.6 Å². The highest BCUT2D eigenvalue weighted by Gasteiger charge is 2.54. The van der Waals surface area contributed by atoms with Gasteiger partial charge in [0.05, 0.1) is 12.7 Å². The van der Waals surface area contributed by atoms with Gasteiger partial charge in [0.1, 0.15) is 5.76 Å². The van der Waals surface area contributed by atoms with Crippen LogP contribution in [0, 0.1) is 22.7 Å².